The first-order valence-electron chi connectivity index (χ1n) is 13.9. The van der Waals surface area contributed by atoms with Crippen molar-refractivity contribution in [1.82, 2.24) is 19.4 Å². The number of piperazine rings is 1. The number of amides is 1. The van der Waals surface area contributed by atoms with Gasteiger partial charge in [-0.2, -0.15) is 0 Å². The average molecular weight is 558 g/mol. The van der Waals surface area contributed by atoms with Crippen molar-refractivity contribution < 1.29 is 14.6 Å². The number of hydrogen-bond donors (Lipinski definition) is 2. The highest BCUT2D eigenvalue weighted by Gasteiger charge is 2.21. The molecule has 9 heteroatoms. The van der Waals surface area contributed by atoms with E-state index in [4.69, 9.17) is 4.74 Å². The molecule has 0 saturated carbocycles. The summed E-state index contributed by atoms with van der Waals surface area (Å²) in [5.41, 5.74) is 4.15. The van der Waals surface area contributed by atoms with E-state index < -0.39 is 6.10 Å². The topological polar surface area (TPSA) is 82.9 Å². The molecule has 1 fully saturated rings. The summed E-state index contributed by atoms with van der Waals surface area (Å²) in [4.78, 5) is 21.8. The zero-order valence-corrected chi connectivity index (χ0v) is 23.8. The molecule has 6 rings (SSSR count). The Kier molecular flexibility index (Phi) is 7.71. The van der Waals surface area contributed by atoms with Crippen LogP contribution in [-0.4, -0.2) is 82.3 Å². The Morgan fingerprint density at radius 1 is 1.02 bits per heavy atom. The molecule has 1 aliphatic rings. The largest absolute Gasteiger partial charge is 0.491 e. The molecule has 0 spiro atoms. The minimum absolute atomic E-state index is 0.00672. The van der Waals surface area contributed by atoms with E-state index >= 15 is 0 Å². The monoisotopic (exact) mass is 557 g/mol. The molecule has 0 bridgehead atoms. The fourth-order valence-corrected chi connectivity index (χ4v) is 6.47. The molecule has 208 valence electrons. The second-order valence-electron chi connectivity index (χ2n) is 10.4. The highest BCUT2D eigenvalue weighted by atomic mass is 32.1. The van der Waals surface area contributed by atoms with E-state index in [1.54, 1.807) is 11.3 Å². The molecular weight excluding hydrogens is 522 g/mol. The summed E-state index contributed by atoms with van der Waals surface area (Å²) in [5.74, 6) is 0.718. The fraction of sp³-hybridized carbons (Fsp3) is 0.355. The standard InChI is InChI=1S/C31H35N5O3S/c1-3-36-28-7-5-4-6-25(28)26-16-22(8-10-29(26)36)33-31(38)19-35-14-12-34(13-15-35)18-23(37)20-39-24-9-11-30-27(17-24)32-21(2)40-30/h4-11,16-17,23,37H,3,12-15,18-20H2,1-2H3,(H,33,38)/t23-/m1/s1. The number of thiazole rings is 1. The van der Waals surface area contributed by atoms with Crippen LogP contribution < -0.4 is 10.1 Å². The van der Waals surface area contributed by atoms with Crippen LogP contribution in [0.2, 0.25) is 0 Å². The third-order valence-electron chi connectivity index (χ3n) is 7.58. The number of ether oxygens (including phenoxy) is 1. The molecular formula is C31H35N5O3S. The maximum absolute atomic E-state index is 12.9. The van der Waals surface area contributed by atoms with Gasteiger partial charge >= 0.3 is 0 Å². The van der Waals surface area contributed by atoms with Crippen LogP contribution in [0, 0.1) is 6.92 Å². The lowest BCUT2D eigenvalue weighted by molar-refractivity contribution is -0.117. The van der Waals surface area contributed by atoms with E-state index in [-0.39, 0.29) is 12.5 Å². The third kappa shape index (κ3) is 5.69. The van der Waals surface area contributed by atoms with Crippen molar-refractivity contribution in [2.24, 2.45) is 0 Å². The first-order chi connectivity index (χ1) is 19.5. The van der Waals surface area contributed by atoms with Crippen molar-refractivity contribution in [2.45, 2.75) is 26.5 Å². The summed E-state index contributed by atoms with van der Waals surface area (Å²) >= 11 is 1.66. The average Bonchev–Trinajstić information content (AvgIpc) is 3.48. The van der Waals surface area contributed by atoms with Crippen LogP contribution in [-0.2, 0) is 11.3 Å². The van der Waals surface area contributed by atoms with Gasteiger partial charge in [-0.15, -0.1) is 11.3 Å². The van der Waals surface area contributed by atoms with Gasteiger partial charge in [0, 0.05) is 72.8 Å². The zero-order chi connectivity index (χ0) is 27.6. The molecule has 0 unspecified atom stereocenters. The number of benzene rings is 3. The summed E-state index contributed by atoms with van der Waals surface area (Å²) in [5, 5.41) is 17.0. The van der Waals surface area contributed by atoms with Gasteiger partial charge in [-0.1, -0.05) is 18.2 Å². The first kappa shape index (κ1) is 26.7. The Balaban J connectivity index is 0.971. The van der Waals surface area contributed by atoms with E-state index in [0.29, 0.717) is 13.1 Å². The maximum atomic E-state index is 12.9. The molecule has 2 aromatic heterocycles. The van der Waals surface area contributed by atoms with Crippen molar-refractivity contribution in [3.8, 4) is 5.75 Å². The third-order valence-corrected chi connectivity index (χ3v) is 8.53. The first-order valence-corrected chi connectivity index (χ1v) is 14.7. The van der Waals surface area contributed by atoms with Crippen molar-refractivity contribution in [3.63, 3.8) is 0 Å². The zero-order valence-electron chi connectivity index (χ0n) is 23.0. The predicted molar refractivity (Wildman–Crippen MR) is 162 cm³/mol. The van der Waals surface area contributed by atoms with E-state index in [2.05, 4.69) is 68.0 Å². The van der Waals surface area contributed by atoms with Crippen molar-refractivity contribution in [2.75, 3.05) is 51.2 Å². The van der Waals surface area contributed by atoms with E-state index in [9.17, 15) is 9.90 Å². The SMILES string of the molecule is CCn1c2ccccc2c2cc(NC(=O)CN3CCN(C[C@@H](O)COc4ccc5sc(C)nc5c4)CC3)ccc21. The molecule has 3 aromatic carbocycles. The molecule has 1 atom stereocenters. The predicted octanol–water partition coefficient (Wildman–Crippen LogP) is 4.73. The Morgan fingerprint density at radius 3 is 2.62 bits per heavy atom. The lowest BCUT2D eigenvalue weighted by atomic mass is 10.1. The van der Waals surface area contributed by atoms with E-state index in [1.807, 2.05) is 31.2 Å². The van der Waals surface area contributed by atoms with Crippen LogP contribution in [0.3, 0.4) is 0 Å². The molecule has 3 heterocycles. The summed E-state index contributed by atoms with van der Waals surface area (Å²) in [6.07, 6.45) is -0.587. The Morgan fingerprint density at radius 2 is 1.80 bits per heavy atom. The Hall–Kier alpha value is -3.50. The molecule has 1 amide bonds. The van der Waals surface area contributed by atoms with Gasteiger partial charge in [0.05, 0.1) is 21.8 Å². The normalized spacial score (nSPS) is 15.7. The van der Waals surface area contributed by atoms with Gasteiger partial charge < -0.3 is 19.7 Å². The maximum Gasteiger partial charge on any atom is 0.238 e. The number of carbonyl (C=O) groups excluding carboxylic acids is 1. The number of carbonyl (C=O) groups is 1. The highest BCUT2D eigenvalue weighted by molar-refractivity contribution is 7.18. The lowest BCUT2D eigenvalue weighted by Gasteiger charge is -2.35. The van der Waals surface area contributed by atoms with Gasteiger partial charge in [0.15, 0.2) is 0 Å². The highest BCUT2D eigenvalue weighted by Crippen LogP contribution is 2.31. The molecule has 8 nitrogen and oxygen atoms in total. The molecule has 1 aliphatic heterocycles. The number of aryl methyl sites for hydroxylation is 2. The number of rotatable bonds is 9. The Bertz CT molecular complexity index is 1650. The lowest BCUT2D eigenvalue weighted by Crippen LogP contribution is -2.50. The molecule has 0 aliphatic carbocycles. The van der Waals surface area contributed by atoms with E-state index in [1.165, 1.54) is 16.4 Å². The molecule has 40 heavy (non-hydrogen) atoms. The van der Waals surface area contributed by atoms with Crippen molar-refractivity contribution in [1.29, 1.82) is 0 Å². The van der Waals surface area contributed by atoms with Crippen LogP contribution in [0.4, 0.5) is 5.69 Å². The van der Waals surface area contributed by atoms with Crippen LogP contribution in [0.1, 0.15) is 11.9 Å². The van der Waals surface area contributed by atoms with Crippen LogP contribution in [0.5, 0.6) is 5.75 Å². The molecule has 1 saturated heterocycles. The minimum Gasteiger partial charge on any atom is -0.491 e. The number of hydrogen-bond acceptors (Lipinski definition) is 7. The summed E-state index contributed by atoms with van der Waals surface area (Å²) < 4.78 is 9.28. The number of nitrogens with one attached hydrogen (secondary N) is 1. The molecule has 5 aromatic rings. The quantitative estimate of drug-likeness (QED) is 0.273. The van der Waals surface area contributed by atoms with Gasteiger partial charge in [0.2, 0.25) is 5.91 Å². The number of β-amino-alcohol motifs (C(OH)–C–C–N with tert-alkyl or cyclic N) is 1. The van der Waals surface area contributed by atoms with Gasteiger partial charge in [-0.3, -0.25) is 14.6 Å². The van der Waals surface area contributed by atoms with Crippen molar-refractivity contribution >= 4 is 55.0 Å². The van der Waals surface area contributed by atoms with Gasteiger partial charge in [-0.25, -0.2) is 4.98 Å². The van der Waals surface area contributed by atoms with Crippen molar-refractivity contribution in [3.05, 3.63) is 65.7 Å². The number of para-hydroxylation sites is 1. The second-order valence-corrected chi connectivity index (χ2v) is 11.7. The van der Waals surface area contributed by atoms with Gasteiger partial charge in [-0.05, 0) is 50.2 Å². The number of aromatic nitrogens is 2. The minimum atomic E-state index is -0.587. The Labute approximate surface area is 237 Å². The summed E-state index contributed by atoms with van der Waals surface area (Å²) in [6.45, 7) is 9.35. The van der Waals surface area contributed by atoms with E-state index in [0.717, 1.165) is 64.8 Å². The molecule has 0 radical (unpaired) electrons. The van der Waals surface area contributed by atoms with Crippen LogP contribution in [0.15, 0.2) is 60.7 Å². The number of aliphatic hydroxyl groups is 1. The van der Waals surface area contributed by atoms with Gasteiger partial charge in [0.25, 0.3) is 0 Å². The smallest absolute Gasteiger partial charge is 0.238 e. The molecule has 2 N–H and O–H groups in total. The number of fused-ring (bicyclic) bond motifs is 4. The summed E-state index contributed by atoms with van der Waals surface area (Å²) in [6, 6.07) is 20.4. The van der Waals surface area contributed by atoms with Crippen LogP contribution >= 0.6 is 11.3 Å². The number of anilines is 1. The number of aliphatic hydroxyl groups excluding tert-OH is 1. The fourth-order valence-electron chi connectivity index (χ4n) is 5.66. The summed E-state index contributed by atoms with van der Waals surface area (Å²) in [7, 11) is 0. The number of nitrogens with zero attached hydrogens (tertiary/aromatic N) is 4. The van der Waals surface area contributed by atoms with Crippen LogP contribution in [0.25, 0.3) is 32.0 Å². The van der Waals surface area contributed by atoms with Gasteiger partial charge in [0.1, 0.15) is 18.5 Å². The second kappa shape index (κ2) is 11.5.